The lowest BCUT2D eigenvalue weighted by Crippen LogP contribution is -2.43. The molecule has 0 aromatic carbocycles. The van der Waals surface area contributed by atoms with E-state index >= 15 is 0 Å². The third-order valence-electron chi connectivity index (χ3n) is 3.95. The second-order valence-electron chi connectivity index (χ2n) is 4.94. The van der Waals surface area contributed by atoms with E-state index in [4.69, 9.17) is 4.74 Å². The maximum Gasteiger partial charge on any atom is 0.0509 e. The van der Waals surface area contributed by atoms with Crippen molar-refractivity contribution in [3.63, 3.8) is 0 Å². The molecule has 1 fully saturated rings. The van der Waals surface area contributed by atoms with Crippen molar-refractivity contribution in [3.05, 3.63) is 0 Å². The third-order valence-corrected chi connectivity index (χ3v) is 3.95. The normalized spacial score (nSPS) is 25.8. The molecule has 15 heavy (non-hydrogen) atoms. The van der Waals surface area contributed by atoms with Gasteiger partial charge in [-0.3, -0.25) is 0 Å². The zero-order valence-electron chi connectivity index (χ0n) is 10.8. The first-order chi connectivity index (χ1) is 7.19. The van der Waals surface area contributed by atoms with Crippen molar-refractivity contribution in [2.45, 2.75) is 59.0 Å². The van der Waals surface area contributed by atoms with Crippen LogP contribution >= 0.6 is 0 Å². The lowest BCUT2D eigenvalue weighted by molar-refractivity contribution is 0.174. The second-order valence-corrected chi connectivity index (χ2v) is 4.94. The van der Waals surface area contributed by atoms with Crippen molar-refractivity contribution in [1.82, 2.24) is 5.32 Å². The van der Waals surface area contributed by atoms with Gasteiger partial charge < -0.3 is 10.1 Å². The quantitative estimate of drug-likeness (QED) is 0.732. The Kier molecular flexibility index (Phi) is 5.62. The number of ether oxygens (including phenoxy) is 1. The molecule has 0 aromatic rings. The molecule has 2 nitrogen and oxygen atoms in total. The summed E-state index contributed by atoms with van der Waals surface area (Å²) in [4.78, 5) is 0. The Morgan fingerprint density at radius 2 is 1.93 bits per heavy atom. The van der Waals surface area contributed by atoms with E-state index in [0.717, 1.165) is 25.0 Å². The fraction of sp³-hybridized carbons (Fsp3) is 1.00. The molecule has 3 atom stereocenters. The Morgan fingerprint density at radius 3 is 2.40 bits per heavy atom. The first-order valence-corrected chi connectivity index (χ1v) is 6.52. The predicted octanol–water partition coefficient (Wildman–Crippen LogP) is 2.83. The van der Waals surface area contributed by atoms with E-state index < -0.39 is 0 Å². The zero-order valence-corrected chi connectivity index (χ0v) is 10.8. The first-order valence-electron chi connectivity index (χ1n) is 6.52. The van der Waals surface area contributed by atoms with Gasteiger partial charge in [0.25, 0.3) is 0 Å². The van der Waals surface area contributed by atoms with E-state index in [-0.39, 0.29) is 0 Å². The molecule has 0 amide bonds. The van der Waals surface area contributed by atoms with Crippen LogP contribution in [0.3, 0.4) is 0 Å². The van der Waals surface area contributed by atoms with Gasteiger partial charge in [-0.2, -0.15) is 0 Å². The van der Waals surface area contributed by atoms with Gasteiger partial charge in [0.05, 0.1) is 6.61 Å². The summed E-state index contributed by atoms with van der Waals surface area (Å²) in [5.41, 5.74) is 0. The minimum Gasteiger partial charge on any atom is -0.381 e. The van der Waals surface area contributed by atoms with Crippen LogP contribution in [0.5, 0.6) is 0 Å². The lowest BCUT2D eigenvalue weighted by Gasteiger charge is -2.28. The molecule has 0 radical (unpaired) electrons. The van der Waals surface area contributed by atoms with Crippen molar-refractivity contribution in [2.24, 2.45) is 11.8 Å². The molecular weight excluding hydrogens is 186 g/mol. The van der Waals surface area contributed by atoms with E-state index in [2.05, 4.69) is 33.0 Å². The second kappa shape index (κ2) is 6.49. The Labute approximate surface area is 94.8 Å². The fourth-order valence-electron chi connectivity index (χ4n) is 2.63. The smallest absolute Gasteiger partial charge is 0.0509 e. The summed E-state index contributed by atoms with van der Waals surface area (Å²) in [5, 5.41) is 3.74. The summed E-state index contributed by atoms with van der Waals surface area (Å²) in [6, 6.07) is 1.23. The van der Waals surface area contributed by atoms with E-state index in [9.17, 15) is 0 Å². The van der Waals surface area contributed by atoms with Crippen LogP contribution in [0.25, 0.3) is 0 Å². The third kappa shape index (κ3) is 3.76. The van der Waals surface area contributed by atoms with Crippen molar-refractivity contribution in [2.75, 3.05) is 13.2 Å². The van der Waals surface area contributed by atoms with Gasteiger partial charge >= 0.3 is 0 Å². The van der Waals surface area contributed by atoms with Crippen LogP contribution in [0.2, 0.25) is 0 Å². The molecule has 90 valence electrons. The highest BCUT2D eigenvalue weighted by atomic mass is 16.5. The molecule has 1 saturated heterocycles. The highest BCUT2D eigenvalue weighted by molar-refractivity contribution is 4.80. The lowest BCUT2D eigenvalue weighted by atomic mass is 9.93. The van der Waals surface area contributed by atoms with E-state index in [0.29, 0.717) is 12.1 Å². The van der Waals surface area contributed by atoms with Crippen LogP contribution in [-0.2, 0) is 4.74 Å². The van der Waals surface area contributed by atoms with Gasteiger partial charge in [-0.25, -0.2) is 0 Å². The molecule has 0 aromatic heterocycles. The Balaban J connectivity index is 2.32. The molecule has 0 spiro atoms. The summed E-state index contributed by atoms with van der Waals surface area (Å²) in [7, 11) is 0. The Morgan fingerprint density at radius 1 is 1.27 bits per heavy atom. The number of hydrogen-bond donors (Lipinski definition) is 1. The molecule has 1 heterocycles. The van der Waals surface area contributed by atoms with E-state index in [1.165, 1.54) is 19.3 Å². The molecule has 0 saturated carbocycles. The molecule has 1 rings (SSSR count). The van der Waals surface area contributed by atoms with Crippen molar-refractivity contribution in [1.29, 1.82) is 0 Å². The van der Waals surface area contributed by atoms with Crippen LogP contribution in [0, 0.1) is 11.8 Å². The standard InChI is InChI=1S/C13H27NO/c1-5-12(6-2)10(3)14-11(4)13-7-8-15-9-13/h10-14H,5-9H2,1-4H3. The maximum absolute atomic E-state index is 5.43. The number of rotatable bonds is 6. The average molecular weight is 213 g/mol. The van der Waals surface area contributed by atoms with Crippen LogP contribution in [0.15, 0.2) is 0 Å². The van der Waals surface area contributed by atoms with Crippen molar-refractivity contribution >= 4 is 0 Å². The fourth-order valence-corrected chi connectivity index (χ4v) is 2.63. The highest BCUT2D eigenvalue weighted by Gasteiger charge is 2.24. The zero-order chi connectivity index (χ0) is 11.3. The van der Waals surface area contributed by atoms with Crippen LogP contribution in [0.4, 0.5) is 0 Å². The minimum atomic E-state index is 0.600. The molecule has 1 N–H and O–H groups in total. The maximum atomic E-state index is 5.43. The van der Waals surface area contributed by atoms with Gasteiger partial charge in [-0.05, 0) is 32.1 Å². The molecule has 0 aliphatic carbocycles. The van der Waals surface area contributed by atoms with Crippen molar-refractivity contribution < 1.29 is 4.74 Å². The predicted molar refractivity (Wildman–Crippen MR) is 65.1 cm³/mol. The summed E-state index contributed by atoms with van der Waals surface area (Å²) in [6.45, 7) is 11.1. The Hall–Kier alpha value is -0.0800. The van der Waals surface area contributed by atoms with Gasteiger partial charge in [0.2, 0.25) is 0 Å². The number of hydrogen-bond acceptors (Lipinski definition) is 2. The summed E-state index contributed by atoms with van der Waals surface area (Å²) < 4.78 is 5.43. The molecular formula is C13H27NO. The van der Waals surface area contributed by atoms with E-state index in [1.807, 2.05) is 0 Å². The van der Waals surface area contributed by atoms with Crippen LogP contribution in [0.1, 0.15) is 47.0 Å². The minimum absolute atomic E-state index is 0.600. The van der Waals surface area contributed by atoms with Gasteiger partial charge in [0.1, 0.15) is 0 Å². The largest absolute Gasteiger partial charge is 0.381 e. The summed E-state index contributed by atoms with van der Waals surface area (Å²) >= 11 is 0. The van der Waals surface area contributed by atoms with Crippen LogP contribution in [-0.4, -0.2) is 25.3 Å². The van der Waals surface area contributed by atoms with Crippen molar-refractivity contribution in [3.8, 4) is 0 Å². The number of nitrogens with one attached hydrogen (secondary N) is 1. The van der Waals surface area contributed by atoms with Gasteiger partial charge in [-0.1, -0.05) is 26.7 Å². The average Bonchev–Trinajstić information content (AvgIpc) is 2.72. The van der Waals surface area contributed by atoms with E-state index in [1.54, 1.807) is 0 Å². The Bertz CT molecular complexity index is 156. The van der Waals surface area contributed by atoms with Gasteiger partial charge in [0, 0.05) is 18.7 Å². The first kappa shape index (κ1) is 13.0. The summed E-state index contributed by atoms with van der Waals surface area (Å²) in [6.07, 6.45) is 3.78. The van der Waals surface area contributed by atoms with Crippen LogP contribution < -0.4 is 5.32 Å². The summed E-state index contributed by atoms with van der Waals surface area (Å²) in [5.74, 6) is 1.54. The van der Waals surface area contributed by atoms with Gasteiger partial charge in [-0.15, -0.1) is 0 Å². The molecule has 1 aliphatic heterocycles. The topological polar surface area (TPSA) is 21.3 Å². The monoisotopic (exact) mass is 213 g/mol. The molecule has 3 unspecified atom stereocenters. The molecule has 0 bridgehead atoms. The molecule has 1 aliphatic rings. The van der Waals surface area contributed by atoms with Gasteiger partial charge in [0.15, 0.2) is 0 Å². The molecule has 2 heteroatoms. The SMILES string of the molecule is CCC(CC)C(C)NC(C)C1CCOC1. The highest BCUT2D eigenvalue weighted by Crippen LogP contribution is 2.19.